The molecule has 0 spiro atoms. The molecule has 5 atom stereocenters. The molecule has 76 valence electrons. The van der Waals surface area contributed by atoms with Crippen LogP contribution in [0.2, 0.25) is 0 Å². The molecule has 0 bridgehead atoms. The van der Waals surface area contributed by atoms with Crippen molar-refractivity contribution in [1.82, 2.24) is 0 Å². The first kappa shape index (κ1) is 9.41. The minimum Gasteiger partial charge on any atom is -0.327 e. The molecular weight excluding hydrogens is 167 g/mol. The van der Waals surface area contributed by atoms with Crippen molar-refractivity contribution in [2.45, 2.75) is 50.4 Å². The zero-order chi connectivity index (χ0) is 9.42. The maximum atomic E-state index is 13.3. The van der Waals surface area contributed by atoms with Gasteiger partial charge in [0.1, 0.15) is 6.17 Å². The quantitative estimate of drug-likeness (QED) is 0.646. The molecule has 2 aliphatic carbocycles. The highest BCUT2D eigenvalue weighted by Crippen LogP contribution is 2.41. The van der Waals surface area contributed by atoms with Gasteiger partial charge in [0.2, 0.25) is 0 Å². The van der Waals surface area contributed by atoms with Crippen molar-refractivity contribution in [2.75, 3.05) is 0 Å². The van der Waals surface area contributed by atoms with E-state index in [1.165, 1.54) is 12.8 Å². The molecule has 0 radical (unpaired) electrons. The average molecular weight is 186 g/mol. The first-order chi connectivity index (χ1) is 6.20. The third-order valence-corrected chi connectivity index (χ3v) is 3.78. The first-order valence-electron chi connectivity index (χ1n) is 5.35. The highest BCUT2D eigenvalue weighted by molar-refractivity contribution is 4.99. The summed E-state index contributed by atoms with van der Waals surface area (Å²) in [5, 5.41) is 0. The third kappa shape index (κ3) is 1.59. The Balaban J connectivity index is 1.97. The van der Waals surface area contributed by atoms with Gasteiger partial charge in [0.05, 0.1) is 0 Å². The Kier molecular flexibility index (Phi) is 2.56. The molecule has 2 nitrogen and oxygen atoms in total. The lowest BCUT2D eigenvalue weighted by atomic mass is 9.64. The molecule has 0 amide bonds. The van der Waals surface area contributed by atoms with E-state index in [-0.39, 0.29) is 18.0 Å². The Hall–Kier alpha value is -0.150. The number of hydrogen-bond donors (Lipinski definition) is 2. The summed E-state index contributed by atoms with van der Waals surface area (Å²) in [6.07, 6.45) is 4.42. The standard InChI is InChI=1S/C10H19FN2/c11-7-5-9(13)10(7)6-3-1-2-4-8(6)12/h6-10H,1-5,12-13H2. The second kappa shape index (κ2) is 3.54. The van der Waals surface area contributed by atoms with Gasteiger partial charge < -0.3 is 11.5 Å². The molecule has 2 rings (SSSR count). The fraction of sp³-hybridized carbons (Fsp3) is 1.00. The minimum absolute atomic E-state index is 0.0651. The second-order valence-electron chi connectivity index (χ2n) is 4.61. The fourth-order valence-electron chi connectivity index (χ4n) is 2.90. The van der Waals surface area contributed by atoms with E-state index in [4.69, 9.17) is 11.5 Å². The van der Waals surface area contributed by atoms with E-state index >= 15 is 0 Å². The van der Waals surface area contributed by atoms with Gasteiger partial charge in [0.15, 0.2) is 0 Å². The molecule has 0 heterocycles. The van der Waals surface area contributed by atoms with Crippen LogP contribution in [-0.2, 0) is 0 Å². The van der Waals surface area contributed by atoms with E-state index in [0.717, 1.165) is 12.8 Å². The largest absolute Gasteiger partial charge is 0.327 e. The second-order valence-corrected chi connectivity index (χ2v) is 4.61. The average Bonchev–Trinajstić information content (AvgIpc) is 2.09. The Labute approximate surface area is 78.9 Å². The topological polar surface area (TPSA) is 52.0 Å². The van der Waals surface area contributed by atoms with Gasteiger partial charge in [-0.15, -0.1) is 0 Å². The molecule has 2 saturated carbocycles. The van der Waals surface area contributed by atoms with Crippen LogP contribution in [-0.4, -0.2) is 18.3 Å². The highest BCUT2D eigenvalue weighted by Gasteiger charge is 2.46. The molecule has 3 heteroatoms. The van der Waals surface area contributed by atoms with Crippen LogP contribution in [0.1, 0.15) is 32.1 Å². The summed E-state index contributed by atoms with van der Waals surface area (Å²) in [7, 11) is 0. The Morgan fingerprint density at radius 2 is 1.69 bits per heavy atom. The zero-order valence-corrected chi connectivity index (χ0v) is 7.95. The maximum Gasteiger partial charge on any atom is 0.106 e. The lowest BCUT2D eigenvalue weighted by molar-refractivity contribution is 0.0135. The maximum absolute atomic E-state index is 13.3. The van der Waals surface area contributed by atoms with Gasteiger partial charge in [-0.3, -0.25) is 0 Å². The number of rotatable bonds is 1. The van der Waals surface area contributed by atoms with Gasteiger partial charge in [0.25, 0.3) is 0 Å². The number of halogens is 1. The van der Waals surface area contributed by atoms with Crippen molar-refractivity contribution < 1.29 is 4.39 Å². The Bertz CT molecular complexity index is 178. The monoisotopic (exact) mass is 186 g/mol. The van der Waals surface area contributed by atoms with Gasteiger partial charge in [0, 0.05) is 18.0 Å². The molecule has 2 fully saturated rings. The highest BCUT2D eigenvalue weighted by atomic mass is 19.1. The van der Waals surface area contributed by atoms with E-state index in [0.29, 0.717) is 12.3 Å². The molecular formula is C10H19FN2. The van der Waals surface area contributed by atoms with Gasteiger partial charge >= 0.3 is 0 Å². The molecule has 0 aromatic rings. The lowest BCUT2D eigenvalue weighted by Gasteiger charge is -2.46. The van der Waals surface area contributed by atoms with E-state index in [1.807, 2.05) is 0 Å². The van der Waals surface area contributed by atoms with Crippen molar-refractivity contribution in [3.05, 3.63) is 0 Å². The van der Waals surface area contributed by atoms with Crippen molar-refractivity contribution in [2.24, 2.45) is 23.3 Å². The zero-order valence-electron chi connectivity index (χ0n) is 7.95. The van der Waals surface area contributed by atoms with Gasteiger partial charge in [-0.1, -0.05) is 12.8 Å². The summed E-state index contributed by atoms with van der Waals surface area (Å²) in [5.41, 5.74) is 11.8. The van der Waals surface area contributed by atoms with Gasteiger partial charge in [-0.25, -0.2) is 4.39 Å². The fourth-order valence-corrected chi connectivity index (χ4v) is 2.90. The van der Waals surface area contributed by atoms with Crippen LogP contribution in [0.25, 0.3) is 0 Å². The Morgan fingerprint density at radius 3 is 2.23 bits per heavy atom. The van der Waals surface area contributed by atoms with Crippen LogP contribution in [0, 0.1) is 11.8 Å². The van der Waals surface area contributed by atoms with E-state index < -0.39 is 6.17 Å². The first-order valence-corrected chi connectivity index (χ1v) is 5.35. The minimum atomic E-state index is -0.677. The molecule has 2 aliphatic rings. The SMILES string of the molecule is NC1CCCCC1C1C(N)CC1F. The summed E-state index contributed by atoms with van der Waals surface area (Å²) < 4.78 is 13.3. The van der Waals surface area contributed by atoms with E-state index in [1.54, 1.807) is 0 Å². The van der Waals surface area contributed by atoms with Gasteiger partial charge in [-0.05, 0) is 25.2 Å². The molecule has 4 N–H and O–H groups in total. The summed E-state index contributed by atoms with van der Waals surface area (Å²) >= 11 is 0. The van der Waals surface area contributed by atoms with Crippen molar-refractivity contribution in [3.63, 3.8) is 0 Å². The molecule has 0 aromatic heterocycles. The smallest absolute Gasteiger partial charge is 0.106 e. The van der Waals surface area contributed by atoms with Crippen LogP contribution >= 0.6 is 0 Å². The number of hydrogen-bond acceptors (Lipinski definition) is 2. The van der Waals surface area contributed by atoms with Crippen LogP contribution in [0.3, 0.4) is 0 Å². The normalized spacial score (nSPS) is 51.5. The van der Waals surface area contributed by atoms with Crippen molar-refractivity contribution in [1.29, 1.82) is 0 Å². The van der Waals surface area contributed by atoms with Crippen molar-refractivity contribution >= 4 is 0 Å². The van der Waals surface area contributed by atoms with E-state index in [9.17, 15) is 4.39 Å². The van der Waals surface area contributed by atoms with Crippen LogP contribution in [0.4, 0.5) is 4.39 Å². The summed E-state index contributed by atoms with van der Waals surface area (Å²) in [4.78, 5) is 0. The van der Waals surface area contributed by atoms with Gasteiger partial charge in [-0.2, -0.15) is 0 Å². The Morgan fingerprint density at radius 1 is 1.00 bits per heavy atom. The predicted octanol–water partition coefficient (Wildman–Crippen LogP) is 1.19. The van der Waals surface area contributed by atoms with Crippen molar-refractivity contribution in [3.8, 4) is 0 Å². The number of nitrogens with two attached hydrogens (primary N) is 2. The third-order valence-electron chi connectivity index (χ3n) is 3.78. The molecule has 0 saturated heterocycles. The lowest BCUT2D eigenvalue weighted by Crippen LogP contribution is -2.56. The summed E-state index contributed by atoms with van der Waals surface area (Å²) in [5.74, 6) is 0.419. The van der Waals surface area contributed by atoms with E-state index in [2.05, 4.69) is 0 Å². The summed E-state index contributed by atoms with van der Waals surface area (Å²) in [6, 6.07) is 0.271. The van der Waals surface area contributed by atoms with Crippen LogP contribution in [0.15, 0.2) is 0 Å². The predicted molar refractivity (Wildman–Crippen MR) is 50.9 cm³/mol. The van der Waals surface area contributed by atoms with Crippen LogP contribution in [0.5, 0.6) is 0 Å². The number of alkyl halides is 1. The summed E-state index contributed by atoms with van der Waals surface area (Å²) in [6.45, 7) is 0. The van der Waals surface area contributed by atoms with Crippen LogP contribution < -0.4 is 11.5 Å². The molecule has 5 unspecified atom stereocenters. The molecule has 13 heavy (non-hydrogen) atoms. The molecule has 0 aliphatic heterocycles. The molecule has 0 aromatic carbocycles.